The summed E-state index contributed by atoms with van der Waals surface area (Å²) in [6.07, 6.45) is 2.48. The Hall–Kier alpha value is -2.42. The number of nitrogens with zero attached hydrogens (tertiary/aromatic N) is 3. The Morgan fingerprint density at radius 1 is 1.18 bits per heavy atom. The average molecular weight is 503 g/mol. The molecule has 2 heterocycles. The summed E-state index contributed by atoms with van der Waals surface area (Å²) in [6.45, 7) is 2.82. The first-order chi connectivity index (χ1) is 16.6. The molecular formula is C25H28ClFN4O2S. The number of nitrogens with one attached hydrogen (secondary N) is 1. The Balaban J connectivity index is 1.12. The second kappa shape index (κ2) is 12.3. The summed E-state index contributed by atoms with van der Waals surface area (Å²) in [7, 11) is 0. The molecule has 1 aliphatic rings. The van der Waals surface area contributed by atoms with E-state index in [2.05, 4.69) is 20.4 Å². The van der Waals surface area contributed by atoms with Crippen LogP contribution in [0.25, 0.3) is 11.4 Å². The molecule has 2 aromatic carbocycles. The lowest BCUT2D eigenvalue weighted by Gasteiger charge is -2.30. The first-order valence-corrected chi connectivity index (χ1v) is 13.0. The Morgan fingerprint density at radius 3 is 2.74 bits per heavy atom. The molecule has 0 saturated carbocycles. The van der Waals surface area contributed by atoms with Crippen molar-refractivity contribution >= 4 is 29.3 Å². The highest BCUT2D eigenvalue weighted by atomic mass is 35.5. The maximum atomic E-state index is 13.6. The van der Waals surface area contributed by atoms with E-state index in [9.17, 15) is 9.18 Å². The molecule has 9 heteroatoms. The zero-order valence-electron chi connectivity index (χ0n) is 18.9. The normalized spacial score (nSPS) is 14.9. The van der Waals surface area contributed by atoms with Crippen LogP contribution < -0.4 is 5.32 Å². The smallest absolute Gasteiger partial charge is 0.241 e. The van der Waals surface area contributed by atoms with Gasteiger partial charge in [-0.05, 0) is 61.9 Å². The molecular weight excluding hydrogens is 475 g/mol. The topological polar surface area (TPSA) is 71.3 Å². The second-order valence-electron chi connectivity index (χ2n) is 8.33. The molecule has 1 aromatic heterocycles. The van der Waals surface area contributed by atoms with E-state index in [4.69, 9.17) is 16.1 Å². The van der Waals surface area contributed by atoms with E-state index < -0.39 is 0 Å². The van der Waals surface area contributed by atoms with E-state index >= 15 is 0 Å². The molecule has 0 unspecified atom stereocenters. The Morgan fingerprint density at radius 2 is 1.94 bits per heavy atom. The van der Waals surface area contributed by atoms with Crippen molar-refractivity contribution in [2.45, 2.75) is 31.6 Å². The second-order valence-corrected chi connectivity index (χ2v) is 9.84. The lowest BCUT2D eigenvalue weighted by molar-refractivity contribution is -0.126. The Labute approximate surface area is 208 Å². The van der Waals surface area contributed by atoms with Gasteiger partial charge in [-0.3, -0.25) is 9.69 Å². The molecule has 1 fully saturated rings. The predicted octanol–water partition coefficient (Wildman–Crippen LogP) is 5.18. The van der Waals surface area contributed by atoms with Crippen LogP contribution in [-0.4, -0.2) is 46.3 Å². The first kappa shape index (κ1) is 24.7. The Kier molecular flexibility index (Phi) is 8.96. The van der Waals surface area contributed by atoms with Crippen LogP contribution in [0.15, 0.2) is 53.1 Å². The number of likely N-dealkylation sites (tertiary alicyclic amines) is 1. The van der Waals surface area contributed by atoms with Gasteiger partial charge in [-0.15, -0.1) is 0 Å². The van der Waals surface area contributed by atoms with Crippen molar-refractivity contribution < 1.29 is 13.7 Å². The number of hydrogen-bond donors (Lipinski definition) is 1. The molecule has 34 heavy (non-hydrogen) atoms. The van der Waals surface area contributed by atoms with E-state index in [0.29, 0.717) is 35.6 Å². The van der Waals surface area contributed by atoms with Gasteiger partial charge >= 0.3 is 0 Å². The van der Waals surface area contributed by atoms with Gasteiger partial charge in [0.25, 0.3) is 0 Å². The lowest BCUT2D eigenvalue weighted by Crippen LogP contribution is -2.40. The zero-order chi connectivity index (χ0) is 23.8. The minimum atomic E-state index is -0.158. The van der Waals surface area contributed by atoms with Crippen LogP contribution in [-0.2, 0) is 17.1 Å². The van der Waals surface area contributed by atoms with Crippen LogP contribution in [0.1, 0.15) is 30.7 Å². The van der Waals surface area contributed by atoms with Gasteiger partial charge in [-0.25, -0.2) is 4.39 Å². The third kappa shape index (κ3) is 6.81. The number of thioether (sulfide) groups is 1. The van der Waals surface area contributed by atoms with E-state index in [1.807, 2.05) is 30.3 Å². The molecule has 4 rings (SSSR count). The Bertz CT molecular complexity index is 1090. The molecule has 6 nitrogen and oxygen atoms in total. The minimum absolute atomic E-state index is 0.0312. The molecule has 0 radical (unpaired) electrons. The van der Waals surface area contributed by atoms with E-state index in [1.54, 1.807) is 23.9 Å². The number of halogens is 2. The van der Waals surface area contributed by atoms with Gasteiger partial charge in [-0.2, -0.15) is 16.7 Å². The minimum Gasteiger partial charge on any atom is -0.356 e. The van der Waals surface area contributed by atoms with Gasteiger partial charge in [0.2, 0.25) is 17.6 Å². The van der Waals surface area contributed by atoms with Crippen molar-refractivity contribution in [1.29, 1.82) is 0 Å². The monoisotopic (exact) mass is 502 g/mol. The fourth-order valence-electron chi connectivity index (χ4n) is 3.94. The first-order valence-electron chi connectivity index (χ1n) is 11.5. The summed E-state index contributed by atoms with van der Waals surface area (Å²) in [5.41, 5.74) is 1.48. The quantitative estimate of drug-likeness (QED) is 0.385. The van der Waals surface area contributed by atoms with Crippen molar-refractivity contribution in [2.75, 3.05) is 25.4 Å². The third-order valence-corrected chi connectivity index (χ3v) is 7.30. The van der Waals surface area contributed by atoms with Gasteiger partial charge < -0.3 is 9.84 Å². The fraction of sp³-hybridized carbons (Fsp3) is 0.400. The largest absolute Gasteiger partial charge is 0.356 e. The van der Waals surface area contributed by atoms with Crippen molar-refractivity contribution in [3.8, 4) is 11.4 Å². The molecule has 0 bridgehead atoms. The summed E-state index contributed by atoms with van der Waals surface area (Å²) in [5, 5.41) is 7.69. The third-order valence-electron chi connectivity index (χ3n) is 5.88. The van der Waals surface area contributed by atoms with Crippen LogP contribution in [0.3, 0.4) is 0 Å². The number of amides is 1. The number of carbonyl (C=O) groups is 1. The molecule has 0 aliphatic carbocycles. The van der Waals surface area contributed by atoms with Crippen LogP contribution in [0.5, 0.6) is 0 Å². The van der Waals surface area contributed by atoms with Crippen molar-refractivity contribution in [3.05, 3.63) is 70.8 Å². The van der Waals surface area contributed by atoms with E-state index in [1.165, 1.54) is 6.07 Å². The molecule has 1 amide bonds. The van der Waals surface area contributed by atoms with Gasteiger partial charge in [0.05, 0.1) is 11.6 Å². The fourth-order valence-corrected chi connectivity index (χ4v) is 5.11. The van der Waals surface area contributed by atoms with E-state index in [0.717, 1.165) is 49.2 Å². The number of piperidine rings is 1. The summed E-state index contributed by atoms with van der Waals surface area (Å²) in [4.78, 5) is 19.2. The lowest BCUT2D eigenvalue weighted by atomic mass is 9.96. The van der Waals surface area contributed by atoms with E-state index in [-0.39, 0.29) is 17.6 Å². The highest BCUT2D eigenvalue weighted by Gasteiger charge is 2.26. The molecule has 1 saturated heterocycles. The van der Waals surface area contributed by atoms with Gasteiger partial charge in [0.1, 0.15) is 5.82 Å². The summed E-state index contributed by atoms with van der Waals surface area (Å²) in [6, 6.07) is 14.3. The SMILES string of the molecule is O=C(NCCCSCc1ccccc1F)C1CCN(Cc2nc(-c3ccccc3Cl)no2)CC1. The zero-order valence-corrected chi connectivity index (χ0v) is 20.5. The summed E-state index contributed by atoms with van der Waals surface area (Å²) >= 11 is 7.90. The van der Waals surface area contributed by atoms with Crippen molar-refractivity contribution in [3.63, 3.8) is 0 Å². The molecule has 1 aliphatic heterocycles. The molecule has 3 aromatic rings. The van der Waals surface area contributed by atoms with Crippen LogP contribution >= 0.6 is 23.4 Å². The molecule has 1 N–H and O–H groups in total. The van der Waals surface area contributed by atoms with Crippen LogP contribution in [0, 0.1) is 11.7 Å². The molecule has 0 atom stereocenters. The highest BCUT2D eigenvalue weighted by molar-refractivity contribution is 7.98. The van der Waals surface area contributed by atoms with Gasteiger partial charge in [-0.1, -0.05) is 47.1 Å². The number of benzene rings is 2. The van der Waals surface area contributed by atoms with Crippen LogP contribution in [0.4, 0.5) is 4.39 Å². The van der Waals surface area contributed by atoms with Crippen molar-refractivity contribution in [2.24, 2.45) is 5.92 Å². The summed E-state index contributed by atoms with van der Waals surface area (Å²) in [5.74, 6) is 2.57. The summed E-state index contributed by atoms with van der Waals surface area (Å²) < 4.78 is 19.0. The standard InChI is InChI=1S/C25H28ClFN4O2S/c26-21-8-3-2-7-20(21)24-29-23(33-30-24)16-31-13-10-18(11-14-31)25(32)28-12-5-15-34-17-19-6-1-4-9-22(19)27/h1-4,6-9,18H,5,10-17H2,(H,28,32). The number of aromatic nitrogens is 2. The average Bonchev–Trinajstić information content (AvgIpc) is 3.31. The van der Waals surface area contributed by atoms with Crippen LogP contribution in [0.2, 0.25) is 5.02 Å². The van der Waals surface area contributed by atoms with Gasteiger partial charge in [0.15, 0.2) is 0 Å². The number of hydrogen-bond acceptors (Lipinski definition) is 6. The van der Waals surface area contributed by atoms with Gasteiger partial charge in [0, 0.05) is 23.8 Å². The maximum absolute atomic E-state index is 13.6. The molecule has 0 spiro atoms. The predicted molar refractivity (Wildman–Crippen MR) is 133 cm³/mol. The highest BCUT2D eigenvalue weighted by Crippen LogP contribution is 2.26. The number of rotatable bonds is 10. The molecule has 180 valence electrons. The van der Waals surface area contributed by atoms with Crippen molar-refractivity contribution in [1.82, 2.24) is 20.4 Å². The number of carbonyl (C=O) groups excluding carboxylic acids is 1. The maximum Gasteiger partial charge on any atom is 0.241 e.